The van der Waals surface area contributed by atoms with Crippen LogP contribution >= 0.6 is 0 Å². The molecule has 0 radical (unpaired) electrons. The van der Waals surface area contributed by atoms with Crippen LogP contribution in [-0.2, 0) is 0 Å². The average Bonchev–Trinajstić information content (AvgIpc) is 2.50. The summed E-state index contributed by atoms with van der Waals surface area (Å²) in [7, 11) is 4.95. The normalized spacial score (nSPS) is 16.5. The second-order valence-electron chi connectivity index (χ2n) is 7.98. The Morgan fingerprint density at radius 1 is 0.682 bits per heavy atom. The van der Waals surface area contributed by atoms with Crippen molar-refractivity contribution in [3.05, 3.63) is 0 Å². The maximum atomic E-state index is 2.48. The van der Waals surface area contributed by atoms with Crippen molar-refractivity contribution in [1.29, 1.82) is 0 Å². The first-order valence-electron chi connectivity index (χ1n) is 9.99. The fraction of sp³-hybridized carbons (Fsp3) is 1.00. The van der Waals surface area contributed by atoms with E-state index >= 15 is 0 Å². The van der Waals surface area contributed by atoms with E-state index in [9.17, 15) is 0 Å². The van der Waals surface area contributed by atoms with E-state index in [0.717, 1.165) is 6.04 Å². The lowest BCUT2D eigenvalue weighted by Crippen LogP contribution is -3.00. The number of unbranched alkanes of at least 4 members (excludes halogenated alkanes) is 9. The van der Waals surface area contributed by atoms with Crippen LogP contribution in [0, 0.1) is 0 Å². The Morgan fingerprint density at radius 2 is 1.14 bits per heavy atom. The highest BCUT2D eigenvalue weighted by Gasteiger charge is 2.28. The van der Waals surface area contributed by atoms with Gasteiger partial charge in [0.2, 0.25) is 0 Å². The third-order valence-corrected chi connectivity index (χ3v) is 5.65. The molecule has 1 rings (SSSR count). The molecule has 0 unspecified atom stereocenters. The molecular weight excluding hydrogens is 334 g/mol. The van der Waals surface area contributed by atoms with Crippen molar-refractivity contribution in [2.75, 3.05) is 20.6 Å². The maximum Gasteiger partial charge on any atom is 0.0886 e. The molecular formula is C20H42BrN. The van der Waals surface area contributed by atoms with E-state index in [1.807, 2.05) is 0 Å². The number of nitrogens with zero attached hydrogens (tertiary/aromatic N) is 1. The summed E-state index contributed by atoms with van der Waals surface area (Å²) in [5.41, 5.74) is 0. The molecule has 0 bridgehead atoms. The molecule has 0 aromatic rings. The number of hydrogen-bond acceptors (Lipinski definition) is 0. The summed E-state index contributed by atoms with van der Waals surface area (Å²) in [5, 5.41) is 0. The SMILES string of the molecule is CCCCCCCCCCCC[N+](C)(C)C1CCCCC1.[Br-]. The van der Waals surface area contributed by atoms with E-state index in [4.69, 9.17) is 0 Å². The lowest BCUT2D eigenvalue weighted by Gasteiger charge is -2.40. The molecule has 134 valence electrons. The third kappa shape index (κ3) is 10.3. The molecule has 1 saturated carbocycles. The van der Waals surface area contributed by atoms with Crippen LogP contribution in [0.1, 0.15) is 103 Å². The van der Waals surface area contributed by atoms with Crippen molar-refractivity contribution >= 4 is 0 Å². The summed E-state index contributed by atoms with van der Waals surface area (Å²) in [6.07, 6.45) is 21.9. The van der Waals surface area contributed by atoms with Gasteiger partial charge in [-0.05, 0) is 38.5 Å². The lowest BCUT2D eigenvalue weighted by atomic mass is 9.93. The largest absolute Gasteiger partial charge is 1.00 e. The first-order valence-corrected chi connectivity index (χ1v) is 9.99. The number of halogens is 1. The molecule has 0 atom stereocenters. The van der Waals surface area contributed by atoms with Crippen LogP contribution in [0.3, 0.4) is 0 Å². The van der Waals surface area contributed by atoms with Crippen molar-refractivity contribution in [1.82, 2.24) is 0 Å². The Labute approximate surface area is 151 Å². The van der Waals surface area contributed by atoms with E-state index in [1.54, 1.807) is 0 Å². The molecule has 1 nitrogen and oxygen atoms in total. The van der Waals surface area contributed by atoms with Crippen molar-refractivity contribution in [3.8, 4) is 0 Å². The summed E-state index contributed by atoms with van der Waals surface area (Å²) < 4.78 is 1.29. The highest BCUT2D eigenvalue weighted by atomic mass is 79.9. The molecule has 0 aliphatic heterocycles. The Balaban J connectivity index is 0.00000441. The average molecular weight is 376 g/mol. The third-order valence-electron chi connectivity index (χ3n) is 5.65. The topological polar surface area (TPSA) is 0 Å². The summed E-state index contributed by atoms with van der Waals surface area (Å²) in [5.74, 6) is 0. The minimum absolute atomic E-state index is 0. The highest BCUT2D eigenvalue weighted by Crippen LogP contribution is 2.26. The summed E-state index contributed by atoms with van der Waals surface area (Å²) >= 11 is 0. The Kier molecular flexibility index (Phi) is 14.1. The summed E-state index contributed by atoms with van der Waals surface area (Å²) in [6, 6.07) is 0.956. The molecule has 22 heavy (non-hydrogen) atoms. The molecule has 0 N–H and O–H groups in total. The fourth-order valence-corrected chi connectivity index (χ4v) is 3.97. The van der Waals surface area contributed by atoms with Gasteiger partial charge in [-0.2, -0.15) is 0 Å². The Hall–Kier alpha value is 0.440. The molecule has 1 aliphatic rings. The van der Waals surface area contributed by atoms with Gasteiger partial charge in [-0.3, -0.25) is 0 Å². The number of quaternary nitrogens is 1. The van der Waals surface area contributed by atoms with E-state index in [2.05, 4.69) is 21.0 Å². The zero-order valence-corrected chi connectivity index (χ0v) is 17.3. The van der Waals surface area contributed by atoms with Gasteiger partial charge in [0.15, 0.2) is 0 Å². The molecule has 2 heteroatoms. The molecule has 0 heterocycles. The van der Waals surface area contributed by atoms with Crippen molar-refractivity contribution in [2.45, 2.75) is 109 Å². The van der Waals surface area contributed by atoms with Crippen LogP contribution in [0.5, 0.6) is 0 Å². The second kappa shape index (κ2) is 13.8. The minimum Gasteiger partial charge on any atom is -1.00 e. The predicted molar refractivity (Wildman–Crippen MR) is 95.7 cm³/mol. The zero-order chi connectivity index (χ0) is 15.4. The van der Waals surface area contributed by atoms with Crippen molar-refractivity contribution < 1.29 is 21.5 Å². The summed E-state index contributed by atoms with van der Waals surface area (Å²) in [6.45, 7) is 3.70. The maximum absolute atomic E-state index is 2.48. The fourth-order valence-electron chi connectivity index (χ4n) is 3.97. The first-order chi connectivity index (χ1) is 10.2. The van der Waals surface area contributed by atoms with Gasteiger partial charge >= 0.3 is 0 Å². The van der Waals surface area contributed by atoms with Crippen molar-refractivity contribution in [2.24, 2.45) is 0 Å². The first kappa shape index (κ1) is 22.4. The van der Waals surface area contributed by atoms with Gasteiger partial charge in [0.05, 0.1) is 26.7 Å². The molecule has 0 aromatic carbocycles. The van der Waals surface area contributed by atoms with Gasteiger partial charge in [-0.1, -0.05) is 64.7 Å². The lowest BCUT2D eigenvalue weighted by molar-refractivity contribution is -0.916. The van der Waals surface area contributed by atoms with Crippen molar-refractivity contribution in [3.63, 3.8) is 0 Å². The smallest absolute Gasteiger partial charge is 0.0886 e. The van der Waals surface area contributed by atoms with Crippen LogP contribution in [-0.4, -0.2) is 31.2 Å². The van der Waals surface area contributed by atoms with Crippen LogP contribution in [0.15, 0.2) is 0 Å². The van der Waals surface area contributed by atoms with Gasteiger partial charge in [0, 0.05) is 0 Å². The zero-order valence-electron chi connectivity index (χ0n) is 15.7. The summed E-state index contributed by atoms with van der Waals surface area (Å²) in [4.78, 5) is 0. The van der Waals surface area contributed by atoms with E-state index < -0.39 is 0 Å². The van der Waals surface area contributed by atoms with Gasteiger partial charge in [0.1, 0.15) is 0 Å². The monoisotopic (exact) mass is 375 g/mol. The number of rotatable bonds is 12. The van der Waals surface area contributed by atoms with E-state index in [0.29, 0.717) is 0 Å². The van der Waals surface area contributed by atoms with Gasteiger partial charge in [-0.15, -0.1) is 0 Å². The van der Waals surface area contributed by atoms with Crippen LogP contribution in [0.4, 0.5) is 0 Å². The quantitative estimate of drug-likeness (QED) is 0.362. The molecule has 0 aromatic heterocycles. The molecule has 0 saturated heterocycles. The second-order valence-corrected chi connectivity index (χ2v) is 7.98. The van der Waals surface area contributed by atoms with Crippen LogP contribution in [0.25, 0.3) is 0 Å². The molecule has 0 amide bonds. The highest BCUT2D eigenvalue weighted by molar-refractivity contribution is 4.65. The minimum atomic E-state index is 0. The molecule has 0 spiro atoms. The van der Waals surface area contributed by atoms with Crippen LogP contribution < -0.4 is 17.0 Å². The standard InChI is InChI=1S/C20H42N.BrH/c1-4-5-6-7-8-9-10-11-12-16-19-21(2,3)20-17-14-13-15-18-20;/h20H,4-19H2,1-3H3;1H/q+1;/p-1. The van der Waals surface area contributed by atoms with E-state index in [-0.39, 0.29) is 17.0 Å². The molecule has 1 aliphatic carbocycles. The van der Waals surface area contributed by atoms with Gasteiger partial charge < -0.3 is 21.5 Å². The number of hydrogen-bond donors (Lipinski definition) is 0. The Bertz CT molecular complexity index is 234. The van der Waals surface area contributed by atoms with E-state index in [1.165, 1.54) is 107 Å². The molecule has 1 fully saturated rings. The van der Waals surface area contributed by atoms with Gasteiger partial charge in [0.25, 0.3) is 0 Å². The predicted octanol–water partition coefficient (Wildman–Crippen LogP) is 3.32. The Morgan fingerprint density at radius 3 is 1.64 bits per heavy atom. The van der Waals surface area contributed by atoms with Crippen LogP contribution in [0.2, 0.25) is 0 Å². The van der Waals surface area contributed by atoms with Gasteiger partial charge in [-0.25, -0.2) is 0 Å².